The van der Waals surface area contributed by atoms with Crippen molar-refractivity contribution < 1.29 is 4.42 Å². The highest BCUT2D eigenvalue weighted by Crippen LogP contribution is 2.45. The number of hydrogen-bond donors (Lipinski definition) is 0. The van der Waals surface area contributed by atoms with Crippen LogP contribution in [0.4, 0.5) is 17.1 Å². The number of fused-ring (bicyclic) bond motifs is 7. The van der Waals surface area contributed by atoms with Gasteiger partial charge in [-0.2, -0.15) is 0 Å². The quantitative estimate of drug-likeness (QED) is 0.123. The van der Waals surface area contributed by atoms with Crippen LogP contribution in [0.25, 0.3) is 104 Å². The summed E-state index contributed by atoms with van der Waals surface area (Å²) in [5.41, 5.74) is 13.5. The summed E-state index contributed by atoms with van der Waals surface area (Å²) in [5.74, 6) is 0. The first-order chi connectivity index (χ1) is 31.1. The highest BCUT2D eigenvalue weighted by Gasteiger charge is 2.21. The molecule has 0 aliphatic heterocycles. The third-order valence-electron chi connectivity index (χ3n) is 13.5. The number of aromatic nitrogens is 1. The van der Waals surface area contributed by atoms with E-state index in [9.17, 15) is 0 Å². The SMILES string of the molecule is C/C(=C(/C)c1cc2ccc3cccc4c3c2c(c1)n4-c1ccccc1)c1ccc2c(c1)oc1cc(N(c3ccc4ccccc4c3)c3cc4ccccc4c4ccccc34)ccc12. The molecule has 13 aromatic rings. The van der Waals surface area contributed by atoms with E-state index in [2.05, 4.69) is 230 Å². The summed E-state index contributed by atoms with van der Waals surface area (Å²) >= 11 is 0. The molecule has 0 saturated carbocycles. The van der Waals surface area contributed by atoms with Gasteiger partial charge in [-0.25, -0.2) is 0 Å². The second-order valence-electron chi connectivity index (χ2n) is 17.0. The van der Waals surface area contributed by atoms with Crippen LogP contribution in [0.15, 0.2) is 211 Å². The van der Waals surface area contributed by atoms with E-state index < -0.39 is 0 Å². The standard InChI is InChI=1S/C60H40N2O/c1-37(38(2)45-31-44-24-23-40-16-12-22-54-59(40)60(44)56(34-45)62(54)46-17-4-3-5-18-46)41-26-29-52-53-30-28-48(36-58(53)63-57(52)35-41)61(47-27-25-39-13-6-7-14-42(39)32-47)55-33-43-15-8-9-19-49(43)50-20-10-11-21-51(50)55/h3-36H,1-2H3/b38-37+. The fourth-order valence-electron chi connectivity index (χ4n) is 10.3. The Morgan fingerprint density at radius 1 is 0.381 bits per heavy atom. The Hall–Kier alpha value is -8.14. The topological polar surface area (TPSA) is 21.3 Å². The van der Waals surface area contributed by atoms with Crippen molar-refractivity contribution in [1.82, 2.24) is 4.57 Å². The maximum Gasteiger partial charge on any atom is 0.137 e. The number of nitrogens with zero attached hydrogens (tertiary/aromatic N) is 2. The average molecular weight is 805 g/mol. The lowest BCUT2D eigenvalue weighted by Crippen LogP contribution is -2.10. The highest BCUT2D eigenvalue weighted by atomic mass is 16.3. The van der Waals surface area contributed by atoms with E-state index in [0.29, 0.717) is 0 Å². The lowest BCUT2D eigenvalue weighted by atomic mass is 9.93. The molecule has 0 aliphatic carbocycles. The van der Waals surface area contributed by atoms with Gasteiger partial charge in [0.25, 0.3) is 0 Å². The molecule has 0 aliphatic rings. The van der Waals surface area contributed by atoms with Gasteiger partial charge in [0.05, 0.1) is 16.7 Å². The summed E-state index contributed by atoms with van der Waals surface area (Å²) in [6.45, 7) is 4.49. The molecule has 11 aromatic carbocycles. The predicted octanol–water partition coefficient (Wildman–Crippen LogP) is 17.2. The van der Waals surface area contributed by atoms with E-state index in [1.54, 1.807) is 0 Å². The Kier molecular flexibility index (Phi) is 7.73. The first-order valence-electron chi connectivity index (χ1n) is 21.7. The van der Waals surface area contributed by atoms with Gasteiger partial charge in [0, 0.05) is 50.1 Å². The number of para-hydroxylation sites is 1. The molecule has 0 spiro atoms. The zero-order valence-corrected chi connectivity index (χ0v) is 34.9. The minimum atomic E-state index is 0.860. The molecule has 2 heterocycles. The van der Waals surface area contributed by atoms with Crippen LogP contribution in [0.3, 0.4) is 0 Å². The number of rotatable bonds is 6. The first kappa shape index (κ1) is 35.6. The zero-order valence-electron chi connectivity index (χ0n) is 34.9. The Labute approximate surface area is 364 Å². The molecule has 63 heavy (non-hydrogen) atoms. The molecule has 0 atom stereocenters. The molecule has 0 unspecified atom stereocenters. The lowest BCUT2D eigenvalue weighted by Gasteiger charge is -2.28. The van der Waals surface area contributed by atoms with Gasteiger partial charge in [-0.1, -0.05) is 127 Å². The molecule has 2 aromatic heterocycles. The lowest BCUT2D eigenvalue weighted by molar-refractivity contribution is 0.669. The van der Waals surface area contributed by atoms with E-state index in [1.807, 2.05) is 0 Å². The van der Waals surface area contributed by atoms with Gasteiger partial charge >= 0.3 is 0 Å². The molecule has 0 radical (unpaired) electrons. The van der Waals surface area contributed by atoms with Gasteiger partial charge in [-0.3, -0.25) is 0 Å². The van der Waals surface area contributed by atoms with Gasteiger partial charge < -0.3 is 13.9 Å². The Morgan fingerprint density at radius 2 is 1.00 bits per heavy atom. The van der Waals surface area contributed by atoms with Crippen LogP contribution in [-0.4, -0.2) is 4.57 Å². The molecule has 0 N–H and O–H groups in total. The molecule has 3 heteroatoms. The summed E-state index contributed by atoms with van der Waals surface area (Å²) < 4.78 is 9.28. The summed E-state index contributed by atoms with van der Waals surface area (Å²) in [7, 11) is 0. The number of benzene rings is 11. The summed E-state index contributed by atoms with van der Waals surface area (Å²) in [6, 6.07) is 75.2. The van der Waals surface area contributed by atoms with Crippen LogP contribution in [-0.2, 0) is 0 Å². The van der Waals surface area contributed by atoms with Crippen molar-refractivity contribution in [2.75, 3.05) is 4.90 Å². The van der Waals surface area contributed by atoms with Crippen molar-refractivity contribution >= 4 is 115 Å². The van der Waals surface area contributed by atoms with Gasteiger partial charge in [0.1, 0.15) is 11.2 Å². The maximum absolute atomic E-state index is 6.86. The predicted molar refractivity (Wildman–Crippen MR) is 269 cm³/mol. The molecule has 13 rings (SSSR count). The van der Waals surface area contributed by atoms with Crippen molar-refractivity contribution in [3.63, 3.8) is 0 Å². The third kappa shape index (κ3) is 5.46. The maximum atomic E-state index is 6.86. The van der Waals surface area contributed by atoms with Crippen LogP contribution >= 0.6 is 0 Å². The number of anilines is 3. The highest BCUT2D eigenvalue weighted by molar-refractivity contribution is 6.25. The number of hydrogen-bond acceptors (Lipinski definition) is 2. The van der Waals surface area contributed by atoms with Crippen molar-refractivity contribution in [2.45, 2.75) is 13.8 Å². The molecule has 3 nitrogen and oxygen atoms in total. The second kappa shape index (κ2) is 13.7. The normalized spacial score (nSPS) is 12.5. The minimum Gasteiger partial charge on any atom is -0.456 e. The van der Waals surface area contributed by atoms with E-state index in [4.69, 9.17) is 4.42 Å². The van der Waals surface area contributed by atoms with Crippen molar-refractivity contribution in [2.24, 2.45) is 0 Å². The molecule has 0 amide bonds. The molecular formula is C60H40N2O. The number of allylic oxidation sites excluding steroid dienone is 2. The van der Waals surface area contributed by atoms with Crippen molar-refractivity contribution in [3.05, 3.63) is 217 Å². The van der Waals surface area contributed by atoms with Gasteiger partial charge in [0.2, 0.25) is 0 Å². The largest absolute Gasteiger partial charge is 0.456 e. The average Bonchev–Trinajstić information content (AvgIpc) is 3.88. The Morgan fingerprint density at radius 3 is 1.86 bits per heavy atom. The van der Waals surface area contributed by atoms with Gasteiger partial charge in [0.15, 0.2) is 0 Å². The Balaban J connectivity index is 0.950. The van der Waals surface area contributed by atoms with Crippen LogP contribution < -0.4 is 4.90 Å². The molecular weight excluding hydrogens is 765 g/mol. The van der Waals surface area contributed by atoms with Crippen molar-refractivity contribution in [3.8, 4) is 5.69 Å². The fourth-order valence-corrected chi connectivity index (χ4v) is 10.3. The summed E-state index contributed by atoms with van der Waals surface area (Å²) in [4.78, 5) is 2.40. The summed E-state index contributed by atoms with van der Waals surface area (Å²) in [5, 5.41) is 14.7. The van der Waals surface area contributed by atoms with Gasteiger partial charge in [-0.05, 0) is 147 Å². The molecule has 0 fully saturated rings. The minimum absolute atomic E-state index is 0.860. The van der Waals surface area contributed by atoms with Crippen molar-refractivity contribution in [1.29, 1.82) is 0 Å². The molecule has 296 valence electrons. The van der Waals surface area contributed by atoms with Crippen LogP contribution in [0.1, 0.15) is 25.0 Å². The first-order valence-corrected chi connectivity index (χ1v) is 21.7. The van der Waals surface area contributed by atoms with Gasteiger partial charge in [-0.15, -0.1) is 0 Å². The van der Waals surface area contributed by atoms with E-state index in [1.165, 1.54) is 87.3 Å². The van der Waals surface area contributed by atoms with Crippen LogP contribution in [0.5, 0.6) is 0 Å². The van der Waals surface area contributed by atoms with E-state index >= 15 is 0 Å². The monoisotopic (exact) mass is 804 g/mol. The summed E-state index contributed by atoms with van der Waals surface area (Å²) in [6.07, 6.45) is 0. The third-order valence-corrected chi connectivity index (χ3v) is 13.5. The molecule has 0 bridgehead atoms. The Bertz CT molecular complexity index is 4000. The number of furan rings is 1. The second-order valence-corrected chi connectivity index (χ2v) is 17.0. The molecule has 0 saturated heterocycles. The smallest absolute Gasteiger partial charge is 0.137 e. The van der Waals surface area contributed by atoms with E-state index in [0.717, 1.165) is 44.6 Å². The fraction of sp³-hybridized carbons (Fsp3) is 0.0333. The van der Waals surface area contributed by atoms with Crippen LogP contribution in [0, 0.1) is 0 Å². The van der Waals surface area contributed by atoms with Crippen LogP contribution in [0.2, 0.25) is 0 Å². The van der Waals surface area contributed by atoms with E-state index in [-0.39, 0.29) is 0 Å². The zero-order chi connectivity index (χ0) is 41.8.